The van der Waals surface area contributed by atoms with Crippen LogP contribution in [0.25, 0.3) is 0 Å². The molecular formula is C9H13N3O2S. The largest absolute Gasteiger partial charge is 0.383 e. The first kappa shape index (κ1) is 10.4. The number of nitrogens with two attached hydrogens (primary N) is 1. The van der Waals surface area contributed by atoms with Crippen LogP contribution in [0.4, 0.5) is 5.82 Å². The van der Waals surface area contributed by atoms with Crippen LogP contribution in [0.1, 0.15) is 5.56 Å². The van der Waals surface area contributed by atoms with Gasteiger partial charge >= 0.3 is 0 Å². The third kappa shape index (κ3) is 2.45. The smallest absolute Gasteiger partial charge is 0.153 e. The monoisotopic (exact) mass is 227 g/mol. The molecule has 5 nitrogen and oxygen atoms in total. The molecule has 1 aliphatic heterocycles. The fourth-order valence-corrected chi connectivity index (χ4v) is 2.90. The molecule has 6 heteroatoms. The van der Waals surface area contributed by atoms with Crippen molar-refractivity contribution in [2.24, 2.45) is 0 Å². The zero-order valence-electron chi connectivity index (χ0n) is 8.18. The number of nitrogens with one attached hydrogen (secondary N) is 1. The Bertz CT molecular complexity index is 446. The minimum absolute atomic E-state index is 0.0645. The molecule has 0 atom stereocenters. The molecule has 2 rings (SSSR count). The van der Waals surface area contributed by atoms with E-state index >= 15 is 0 Å². The van der Waals surface area contributed by atoms with Gasteiger partial charge in [0.2, 0.25) is 0 Å². The molecule has 1 aliphatic rings. The van der Waals surface area contributed by atoms with E-state index in [-0.39, 0.29) is 17.5 Å². The normalized spacial score (nSPS) is 19.7. The van der Waals surface area contributed by atoms with Crippen LogP contribution < -0.4 is 11.1 Å². The summed E-state index contributed by atoms with van der Waals surface area (Å²) in [5.74, 6) is 0.951. The second kappa shape index (κ2) is 3.79. The number of sulfone groups is 1. The van der Waals surface area contributed by atoms with Crippen LogP contribution >= 0.6 is 0 Å². The van der Waals surface area contributed by atoms with Crippen LogP contribution in [-0.2, 0) is 16.4 Å². The molecule has 0 radical (unpaired) electrons. The van der Waals surface area contributed by atoms with Crippen molar-refractivity contribution in [1.82, 2.24) is 10.3 Å². The van der Waals surface area contributed by atoms with Gasteiger partial charge in [0.15, 0.2) is 9.84 Å². The Kier molecular flexibility index (Phi) is 2.62. The Hall–Kier alpha value is -1.14. The maximum Gasteiger partial charge on any atom is 0.153 e. The minimum atomic E-state index is -2.75. The fraction of sp³-hybridized carbons (Fsp3) is 0.444. The molecule has 1 saturated heterocycles. The van der Waals surface area contributed by atoms with Crippen molar-refractivity contribution in [3.05, 3.63) is 23.9 Å². The zero-order chi connectivity index (χ0) is 10.9. The van der Waals surface area contributed by atoms with E-state index in [4.69, 9.17) is 5.73 Å². The first-order valence-electron chi connectivity index (χ1n) is 4.70. The molecule has 1 aromatic rings. The van der Waals surface area contributed by atoms with Crippen molar-refractivity contribution < 1.29 is 8.42 Å². The van der Waals surface area contributed by atoms with Gasteiger partial charge < -0.3 is 11.1 Å². The Morgan fingerprint density at radius 1 is 1.53 bits per heavy atom. The van der Waals surface area contributed by atoms with Gasteiger partial charge in [-0.25, -0.2) is 13.4 Å². The van der Waals surface area contributed by atoms with Gasteiger partial charge in [-0.05, 0) is 6.07 Å². The summed E-state index contributed by atoms with van der Waals surface area (Å²) in [6.07, 6.45) is 1.63. The minimum Gasteiger partial charge on any atom is -0.383 e. The molecular weight excluding hydrogens is 214 g/mol. The molecule has 2 heterocycles. The van der Waals surface area contributed by atoms with Crippen LogP contribution in [0.2, 0.25) is 0 Å². The van der Waals surface area contributed by atoms with E-state index in [9.17, 15) is 8.42 Å². The summed E-state index contributed by atoms with van der Waals surface area (Å²) in [7, 11) is -2.75. The lowest BCUT2D eigenvalue weighted by atomic mass is 10.2. The molecule has 0 unspecified atom stereocenters. The van der Waals surface area contributed by atoms with Gasteiger partial charge in [-0.1, -0.05) is 6.07 Å². The highest BCUT2D eigenvalue weighted by Crippen LogP contribution is 2.12. The quantitative estimate of drug-likeness (QED) is 0.730. The van der Waals surface area contributed by atoms with Gasteiger partial charge in [-0.3, -0.25) is 0 Å². The van der Waals surface area contributed by atoms with E-state index in [0.29, 0.717) is 12.4 Å². The Morgan fingerprint density at radius 3 is 2.87 bits per heavy atom. The van der Waals surface area contributed by atoms with Crippen molar-refractivity contribution in [1.29, 1.82) is 0 Å². The molecule has 1 fully saturated rings. The Labute approximate surface area is 88.6 Å². The summed E-state index contributed by atoms with van der Waals surface area (Å²) in [6, 6.07) is 3.75. The average molecular weight is 227 g/mol. The van der Waals surface area contributed by atoms with E-state index in [1.165, 1.54) is 0 Å². The van der Waals surface area contributed by atoms with Gasteiger partial charge in [0.1, 0.15) is 5.82 Å². The van der Waals surface area contributed by atoms with Crippen molar-refractivity contribution >= 4 is 15.7 Å². The highest BCUT2D eigenvalue weighted by Gasteiger charge is 2.32. The highest BCUT2D eigenvalue weighted by molar-refractivity contribution is 7.92. The first-order chi connectivity index (χ1) is 7.07. The Morgan fingerprint density at radius 2 is 2.27 bits per heavy atom. The fourth-order valence-electron chi connectivity index (χ4n) is 1.54. The van der Waals surface area contributed by atoms with Gasteiger partial charge in [-0.2, -0.15) is 0 Å². The van der Waals surface area contributed by atoms with Crippen LogP contribution in [0.3, 0.4) is 0 Å². The number of nitrogen functional groups attached to an aromatic ring is 1. The van der Waals surface area contributed by atoms with Crippen LogP contribution in [-0.4, -0.2) is 30.9 Å². The molecule has 82 valence electrons. The molecule has 1 aromatic heterocycles. The van der Waals surface area contributed by atoms with Gasteiger partial charge in [-0.15, -0.1) is 0 Å². The highest BCUT2D eigenvalue weighted by atomic mass is 32.2. The summed E-state index contributed by atoms with van der Waals surface area (Å²) < 4.78 is 21.8. The summed E-state index contributed by atoms with van der Waals surface area (Å²) in [5, 5.41) is 3.13. The number of hydrogen-bond donors (Lipinski definition) is 2. The third-order valence-electron chi connectivity index (χ3n) is 2.42. The first-order valence-corrected chi connectivity index (χ1v) is 6.52. The number of aromatic nitrogens is 1. The van der Waals surface area contributed by atoms with Crippen molar-refractivity contribution in [3.8, 4) is 0 Å². The van der Waals surface area contributed by atoms with Gasteiger partial charge in [0, 0.05) is 24.3 Å². The van der Waals surface area contributed by atoms with Crippen molar-refractivity contribution in [3.63, 3.8) is 0 Å². The number of nitrogens with zero attached hydrogens (tertiary/aromatic N) is 1. The van der Waals surface area contributed by atoms with Crippen LogP contribution in [0, 0.1) is 0 Å². The number of hydrogen-bond acceptors (Lipinski definition) is 5. The molecule has 0 aliphatic carbocycles. The van der Waals surface area contributed by atoms with Gasteiger partial charge in [0.05, 0.1) is 11.5 Å². The Balaban J connectivity index is 1.87. The van der Waals surface area contributed by atoms with E-state index in [1.54, 1.807) is 6.20 Å². The van der Waals surface area contributed by atoms with Crippen LogP contribution in [0.5, 0.6) is 0 Å². The average Bonchev–Trinajstić information content (AvgIpc) is 2.13. The number of pyridine rings is 1. The van der Waals surface area contributed by atoms with Crippen LogP contribution in [0.15, 0.2) is 18.3 Å². The van der Waals surface area contributed by atoms with Crippen molar-refractivity contribution in [2.45, 2.75) is 12.6 Å². The number of rotatable bonds is 3. The lowest BCUT2D eigenvalue weighted by molar-refractivity contribution is 0.512. The molecule has 0 saturated carbocycles. The SMILES string of the molecule is Nc1ncccc1CNC1CS(=O)(=O)C1. The molecule has 0 amide bonds. The van der Waals surface area contributed by atoms with E-state index in [1.807, 2.05) is 12.1 Å². The van der Waals surface area contributed by atoms with E-state index in [2.05, 4.69) is 10.3 Å². The van der Waals surface area contributed by atoms with E-state index in [0.717, 1.165) is 5.56 Å². The second-order valence-corrected chi connectivity index (χ2v) is 5.86. The summed E-state index contributed by atoms with van der Waals surface area (Å²) in [4.78, 5) is 3.95. The topological polar surface area (TPSA) is 85.1 Å². The maximum absolute atomic E-state index is 10.9. The molecule has 0 aromatic carbocycles. The summed E-state index contributed by atoms with van der Waals surface area (Å²) >= 11 is 0. The van der Waals surface area contributed by atoms with Gasteiger partial charge in [0.25, 0.3) is 0 Å². The summed E-state index contributed by atoms with van der Waals surface area (Å²) in [6.45, 7) is 0.569. The molecule has 15 heavy (non-hydrogen) atoms. The molecule has 0 spiro atoms. The maximum atomic E-state index is 10.9. The molecule has 3 N–H and O–H groups in total. The lowest BCUT2D eigenvalue weighted by Gasteiger charge is -2.26. The third-order valence-corrected chi connectivity index (χ3v) is 4.24. The zero-order valence-corrected chi connectivity index (χ0v) is 9.00. The van der Waals surface area contributed by atoms with Crippen molar-refractivity contribution in [2.75, 3.05) is 17.2 Å². The second-order valence-electron chi connectivity index (χ2n) is 3.70. The lowest BCUT2D eigenvalue weighted by Crippen LogP contribution is -2.50. The standard InChI is InChI=1S/C9H13N3O2S/c10-9-7(2-1-3-11-9)4-12-8-5-15(13,14)6-8/h1-3,8,12H,4-6H2,(H2,10,11). The van der Waals surface area contributed by atoms with E-state index < -0.39 is 9.84 Å². The molecule has 0 bridgehead atoms. The summed E-state index contributed by atoms with van der Waals surface area (Å²) in [5.41, 5.74) is 6.55. The number of anilines is 1. The predicted octanol–water partition coefficient (Wildman–Crippen LogP) is -0.450. The predicted molar refractivity (Wildman–Crippen MR) is 57.9 cm³/mol.